The lowest BCUT2D eigenvalue weighted by atomic mass is 9.91. The summed E-state index contributed by atoms with van der Waals surface area (Å²) < 4.78 is 10.8. The number of morpholine rings is 1. The van der Waals surface area contributed by atoms with E-state index in [0.717, 1.165) is 19.4 Å². The number of furan rings is 1. The molecular weight excluding hydrogens is 332 g/mol. The second-order valence-corrected chi connectivity index (χ2v) is 6.60. The Bertz CT molecular complexity index is 511. The largest absolute Gasteiger partial charge is 0.467 e. The number of rotatable bonds is 4. The van der Waals surface area contributed by atoms with Gasteiger partial charge in [-0.1, -0.05) is 0 Å². The van der Waals surface area contributed by atoms with Gasteiger partial charge in [-0.15, -0.1) is 12.4 Å². The molecule has 1 aromatic rings. The zero-order chi connectivity index (χ0) is 16.2. The Kier molecular flexibility index (Phi) is 7.10. The first-order chi connectivity index (χ1) is 11.1. The van der Waals surface area contributed by atoms with Crippen molar-refractivity contribution in [3.63, 3.8) is 0 Å². The third kappa shape index (κ3) is 4.51. The Morgan fingerprint density at radius 3 is 3.08 bits per heavy atom. The maximum absolute atomic E-state index is 12.9. The molecule has 2 fully saturated rings. The number of hydrogen-bond donors (Lipinski definition) is 2. The number of aliphatic hydroxyl groups is 1. The summed E-state index contributed by atoms with van der Waals surface area (Å²) in [7, 11) is 0. The van der Waals surface area contributed by atoms with E-state index in [9.17, 15) is 9.90 Å². The molecule has 2 aliphatic rings. The van der Waals surface area contributed by atoms with Crippen LogP contribution in [0.2, 0.25) is 0 Å². The average Bonchev–Trinajstić information content (AvgIpc) is 3.09. The van der Waals surface area contributed by atoms with E-state index in [1.54, 1.807) is 18.4 Å². The summed E-state index contributed by atoms with van der Waals surface area (Å²) in [5, 5.41) is 13.7. The molecule has 3 heterocycles. The van der Waals surface area contributed by atoms with Crippen LogP contribution in [0.15, 0.2) is 22.8 Å². The molecule has 0 bridgehead atoms. The third-order valence-electron chi connectivity index (χ3n) is 4.85. The molecule has 7 heteroatoms. The van der Waals surface area contributed by atoms with Crippen molar-refractivity contribution in [2.24, 2.45) is 5.92 Å². The fraction of sp³-hybridized carbons (Fsp3) is 0.706. The zero-order valence-corrected chi connectivity index (χ0v) is 14.8. The van der Waals surface area contributed by atoms with Crippen LogP contribution >= 0.6 is 12.4 Å². The smallest absolute Gasteiger partial charge is 0.226 e. The zero-order valence-electron chi connectivity index (χ0n) is 14.0. The molecule has 24 heavy (non-hydrogen) atoms. The number of hydrogen-bond acceptors (Lipinski definition) is 5. The highest BCUT2D eigenvalue weighted by Gasteiger charge is 2.35. The molecule has 0 aliphatic carbocycles. The lowest BCUT2D eigenvalue weighted by molar-refractivity contribution is -0.146. The summed E-state index contributed by atoms with van der Waals surface area (Å²) in [4.78, 5) is 14.8. The molecule has 0 aromatic carbocycles. The van der Waals surface area contributed by atoms with Gasteiger partial charge in [-0.25, -0.2) is 0 Å². The number of carbonyl (C=O) groups is 1. The van der Waals surface area contributed by atoms with E-state index in [1.165, 1.54) is 0 Å². The standard InChI is InChI=1S/C17H26N2O4.ClH/c1-12-9-13(4-5-18-12)17(21)19-6-8-22-11-14(19)10-15(20)16-3-2-7-23-16;/h2-3,7,12-15,18,20H,4-6,8-11H2,1H3;1H/t12-,13-,14?,15?;/m0./s1. The Morgan fingerprint density at radius 1 is 1.54 bits per heavy atom. The number of nitrogens with zero attached hydrogens (tertiary/aromatic N) is 1. The molecule has 0 radical (unpaired) electrons. The van der Waals surface area contributed by atoms with Gasteiger partial charge in [0.2, 0.25) is 5.91 Å². The van der Waals surface area contributed by atoms with Gasteiger partial charge in [0.05, 0.1) is 25.5 Å². The van der Waals surface area contributed by atoms with E-state index in [2.05, 4.69) is 12.2 Å². The van der Waals surface area contributed by atoms with Gasteiger partial charge in [-0.05, 0) is 38.4 Å². The number of carbonyl (C=O) groups excluding carboxylic acids is 1. The van der Waals surface area contributed by atoms with Crippen molar-refractivity contribution >= 4 is 18.3 Å². The van der Waals surface area contributed by atoms with Crippen molar-refractivity contribution in [1.29, 1.82) is 0 Å². The quantitative estimate of drug-likeness (QED) is 0.857. The van der Waals surface area contributed by atoms with Gasteiger partial charge in [-0.3, -0.25) is 4.79 Å². The molecule has 2 saturated heterocycles. The highest BCUT2D eigenvalue weighted by molar-refractivity contribution is 5.85. The number of amides is 1. The molecule has 1 amide bonds. The first-order valence-corrected chi connectivity index (χ1v) is 8.48. The normalized spacial score (nSPS) is 28.9. The van der Waals surface area contributed by atoms with Gasteiger partial charge in [0.15, 0.2) is 0 Å². The predicted molar refractivity (Wildman–Crippen MR) is 92.0 cm³/mol. The van der Waals surface area contributed by atoms with E-state index in [1.807, 2.05) is 4.90 Å². The minimum absolute atomic E-state index is 0. The highest BCUT2D eigenvalue weighted by atomic mass is 35.5. The Morgan fingerprint density at radius 2 is 2.38 bits per heavy atom. The number of halogens is 1. The van der Waals surface area contributed by atoms with Crippen molar-refractivity contribution in [2.45, 2.75) is 44.4 Å². The van der Waals surface area contributed by atoms with Crippen LogP contribution in [0.4, 0.5) is 0 Å². The summed E-state index contributed by atoms with van der Waals surface area (Å²) in [6, 6.07) is 3.80. The van der Waals surface area contributed by atoms with E-state index in [-0.39, 0.29) is 30.3 Å². The Hall–Kier alpha value is -1.08. The second-order valence-electron chi connectivity index (χ2n) is 6.60. The van der Waals surface area contributed by atoms with Crippen LogP contribution in [0.3, 0.4) is 0 Å². The SMILES string of the molecule is C[C@H]1C[C@@H](C(=O)N2CCOCC2CC(O)c2ccco2)CCN1.Cl. The van der Waals surface area contributed by atoms with E-state index < -0.39 is 6.10 Å². The third-order valence-corrected chi connectivity index (χ3v) is 4.85. The molecule has 136 valence electrons. The van der Waals surface area contributed by atoms with Crippen molar-refractivity contribution in [3.05, 3.63) is 24.2 Å². The molecule has 6 nitrogen and oxygen atoms in total. The molecule has 2 N–H and O–H groups in total. The van der Waals surface area contributed by atoms with E-state index in [0.29, 0.717) is 38.0 Å². The highest BCUT2D eigenvalue weighted by Crippen LogP contribution is 2.26. The average molecular weight is 359 g/mol. The molecule has 2 unspecified atom stereocenters. The van der Waals surface area contributed by atoms with Crippen LogP contribution in [0, 0.1) is 5.92 Å². The van der Waals surface area contributed by atoms with Crippen LogP contribution in [-0.4, -0.2) is 54.3 Å². The number of nitrogens with one attached hydrogen (secondary N) is 1. The van der Waals surface area contributed by atoms with Crippen LogP contribution in [0.1, 0.15) is 38.1 Å². The first kappa shape index (κ1) is 19.2. The molecule has 4 atom stereocenters. The maximum atomic E-state index is 12.9. The van der Waals surface area contributed by atoms with Gasteiger partial charge in [-0.2, -0.15) is 0 Å². The van der Waals surface area contributed by atoms with Gasteiger partial charge in [0, 0.05) is 24.9 Å². The van der Waals surface area contributed by atoms with Gasteiger partial charge in [0.1, 0.15) is 11.9 Å². The van der Waals surface area contributed by atoms with Crippen LogP contribution in [0.25, 0.3) is 0 Å². The topological polar surface area (TPSA) is 74.9 Å². The Labute approximate surface area is 148 Å². The maximum Gasteiger partial charge on any atom is 0.226 e. The lowest BCUT2D eigenvalue weighted by Gasteiger charge is -2.40. The summed E-state index contributed by atoms with van der Waals surface area (Å²) in [5.41, 5.74) is 0. The predicted octanol–water partition coefficient (Wildman–Crippen LogP) is 1.74. The van der Waals surface area contributed by atoms with Crippen LogP contribution in [-0.2, 0) is 9.53 Å². The summed E-state index contributed by atoms with van der Waals surface area (Å²) in [5.74, 6) is 0.823. The fourth-order valence-corrected chi connectivity index (χ4v) is 3.59. The van der Waals surface area contributed by atoms with Gasteiger partial charge < -0.3 is 24.5 Å². The monoisotopic (exact) mass is 358 g/mol. The molecule has 2 aliphatic heterocycles. The summed E-state index contributed by atoms with van der Waals surface area (Å²) >= 11 is 0. The van der Waals surface area contributed by atoms with Crippen molar-refractivity contribution in [3.8, 4) is 0 Å². The van der Waals surface area contributed by atoms with Gasteiger partial charge in [0.25, 0.3) is 0 Å². The van der Waals surface area contributed by atoms with E-state index in [4.69, 9.17) is 9.15 Å². The molecular formula is C17H27ClN2O4. The molecule has 1 aromatic heterocycles. The van der Waals surface area contributed by atoms with Crippen molar-refractivity contribution in [1.82, 2.24) is 10.2 Å². The van der Waals surface area contributed by atoms with Crippen molar-refractivity contribution < 1.29 is 19.1 Å². The number of piperidine rings is 1. The molecule has 3 rings (SSSR count). The van der Waals surface area contributed by atoms with E-state index >= 15 is 0 Å². The number of aliphatic hydroxyl groups excluding tert-OH is 1. The molecule has 0 spiro atoms. The number of ether oxygens (including phenoxy) is 1. The second kappa shape index (κ2) is 8.85. The molecule has 0 saturated carbocycles. The van der Waals surface area contributed by atoms with Crippen LogP contribution in [0.5, 0.6) is 0 Å². The van der Waals surface area contributed by atoms with Crippen molar-refractivity contribution in [2.75, 3.05) is 26.3 Å². The lowest BCUT2D eigenvalue weighted by Crippen LogP contribution is -2.53. The first-order valence-electron chi connectivity index (χ1n) is 8.48. The summed E-state index contributed by atoms with van der Waals surface area (Å²) in [6.07, 6.45) is 3.05. The summed E-state index contributed by atoms with van der Waals surface area (Å²) in [6.45, 7) is 4.66. The minimum atomic E-state index is -0.709. The Balaban J connectivity index is 0.00000208. The fourth-order valence-electron chi connectivity index (χ4n) is 3.59. The van der Waals surface area contributed by atoms with Crippen LogP contribution < -0.4 is 5.32 Å². The minimum Gasteiger partial charge on any atom is -0.467 e. The van der Waals surface area contributed by atoms with Gasteiger partial charge >= 0.3 is 0 Å².